The molecule has 0 bridgehead atoms. The number of hydrogen-bond acceptors (Lipinski definition) is 1. The summed E-state index contributed by atoms with van der Waals surface area (Å²) in [6.07, 6.45) is 11.0. The summed E-state index contributed by atoms with van der Waals surface area (Å²) < 4.78 is 5.20. The van der Waals surface area contributed by atoms with Crippen LogP contribution in [0.2, 0.25) is 0 Å². The van der Waals surface area contributed by atoms with Crippen molar-refractivity contribution in [1.29, 1.82) is 0 Å². The van der Waals surface area contributed by atoms with Crippen molar-refractivity contribution in [1.82, 2.24) is 0 Å². The predicted octanol–water partition coefficient (Wildman–Crippen LogP) is 0.488. The highest BCUT2D eigenvalue weighted by Crippen LogP contribution is 2.22. The molecule has 0 amide bonds. The third-order valence-corrected chi connectivity index (χ3v) is 2.41. The Kier molecular flexibility index (Phi) is 3.53. The van der Waals surface area contributed by atoms with Gasteiger partial charge in [0.2, 0.25) is 0 Å². The van der Waals surface area contributed by atoms with Gasteiger partial charge in [0, 0.05) is 0 Å². The monoisotopic (exact) mass is 200 g/mol. The minimum Gasteiger partial charge on any atom is -0.425 e. The van der Waals surface area contributed by atoms with E-state index in [1.165, 1.54) is 0 Å². The fraction of sp³-hybridized carbons (Fsp3) is 0.167. The summed E-state index contributed by atoms with van der Waals surface area (Å²) in [5.74, 6) is 5.29. The van der Waals surface area contributed by atoms with Gasteiger partial charge in [0.15, 0.2) is 0 Å². The van der Waals surface area contributed by atoms with Crippen LogP contribution < -0.4 is 0 Å². The molecule has 1 rings (SSSR count). The lowest BCUT2D eigenvalue weighted by Crippen LogP contribution is -2.27. The van der Waals surface area contributed by atoms with E-state index in [4.69, 9.17) is 17.3 Å². The normalized spacial score (nSPS) is 10.4. The average molecular weight is 200 g/mol. The minimum absolute atomic E-state index is 0.399. The molecule has 0 heterocycles. The van der Waals surface area contributed by atoms with Gasteiger partial charge in [-0.1, -0.05) is 42.2 Å². The molecule has 1 nitrogen and oxygen atoms in total. The van der Waals surface area contributed by atoms with E-state index in [0.717, 1.165) is 5.56 Å². The molecule has 0 unspecified atom stereocenters. The van der Waals surface area contributed by atoms with Crippen LogP contribution in [0.15, 0.2) is 30.3 Å². The van der Waals surface area contributed by atoms with Gasteiger partial charge in [-0.3, -0.25) is 0 Å². The first-order valence-corrected chi connectivity index (χ1v) is 5.11. The van der Waals surface area contributed by atoms with E-state index in [1.807, 2.05) is 30.3 Å². The van der Waals surface area contributed by atoms with Crippen molar-refractivity contribution in [3.05, 3.63) is 35.9 Å². The lowest BCUT2D eigenvalue weighted by Gasteiger charge is -2.22. The Morgan fingerprint density at radius 3 is 2.21 bits per heavy atom. The van der Waals surface area contributed by atoms with Crippen molar-refractivity contribution < 1.29 is 4.43 Å². The lowest BCUT2D eigenvalue weighted by molar-refractivity contribution is 0.310. The van der Waals surface area contributed by atoms with Crippen LogP contribution in [0, 0.1) is 24.7 Å². The fourth-order valence-electron chi connectivity index (χ4n) is 1.31. The maximum absolute atomic E-state index is 5.48. The largest absolute Gasteiger partial charge is 0.425 e. The molecule has 0 aliphatic heterocycles. The quantitative estimate of drug-likeness (QED) is 0.510. The zero-order chi connectivity index (χ0) is 10.4. The van der Waals surface area contributed by atoms with Crippen molar-refractivity contribution >= 4 is 10.5 Å². The maximum Gasteiger partial charge on any atom is 0.146 e. The predicted molar refractivity (Wildman–Crippen MR) is 61.7 cm³/mol. The summed E-state index contributed by atoms with van der Waals surface area (Å²) in [6.45, 7) is 0.399. The summed E-state index contributed by atoms with van der Waals surface area (Å²) in [7, 11) is 0.639. The zero-order valence-corrected chi connectivity index (χ0v) is 10.2. The molecule has 0 aliphatic carbocycles. The lowest BCUT2D eigenvalue weighted by atomic mass is 9.83. The van der Waals surface area contributed by atoms with Gasteiger partial charge in [-0.25, -0.2) is 0 Å². The van der Waals surface area contributed by atoms with Gasteiger partial charge < -0.3 is 4.43 Å². The van der Waals surface area contributed by atoms with E-state index in [9.17, 15) is 0 Å². The van der Waals surface area contributed by atoms with E-state index in [-0.39, 0.29) is 0 Å². The Balaban J connectivity index is 3.14. The van der Waals surface area contributed by atoms with Crippen LogP contribution in [-0.2, 0) is 9.84 Å². The van der Waals surface area contributed by atoms with Crippen LogP contribution in [0.1, 0.15) is 5.56 Å². The van der Waals surface area contributed by atoms with Gasteiger partial charge in [-0.15, -0.1) is 12.8 Å². The first kappa shape index (κ1) is 10.6. The standard InChI is InChI=1S/C12H12OSi/c1-3-12(4-2,10-13-14)11-8-6-5-7-9-11/h1-2,5-9H,10H2,14H3. The van der Waals surface area contributed by atoms with Crippen molar-refractivity contribution in [3.63, 3.8) is 0 Å². The number of terminal acetylenes is 2. The molecular formula is C12H12OSi. The third kappa shape index (κ3) is 1.88. The van der Waals surface area contributed by atoms with Crippen LogP contribution in [0.4, 0.5) is 0 Å². The van der Waals surface area contributed by atoms with Crippen LogP contribution in [-0.4, -0.2) is 17.1 Å². The van der Waals surface area contributed by atoms with Gasteiger partial charge in [0.25, 0.3) is 0 Å². The molecular weight excluding hydrogens is 188 g/mol. The van der Waals surface area contributed by atoms with Crippen LogP contribution in [0.5, 0.6) is 0 Å². The van der Waals surface area contributed by atoms with Gasteiger partial charge in [0.05, 0.1) is 6.61 Å². The summed E-state index contributed by atoms with van der Waals surface area (Å²) in [4.78, 5) is 0. The molecule has 0 aliphatic rings. The van der Waals surface area contributed by atoms with Crippen molar-refractivity contribution in [2.24, 2.45) is 0 Å². The number of rotatable bonds is 3. The van der Waals surface area contributed by atoms with Crippen LogP contribution in [0.3, 0.4) is 0 Å². The molecule has 14 heavy (non-hydrogen) atoms. The summed E-state index contributed by atoms with van der Waals surface area (Å²) in [6, 6.07) is 9.64. The molecule has 0 fully saturated rings. The zero-order valence-electron chi connectivity index (χ0n) is 8.16. The highest BCUT2D eigenvalue weighted by atomic mass is 28.2. The Bertz CT molecular complexity index is 356. The molecule has 2 heteroatoms. The van der Waals surface area contributed by atoms with E-state index in [0.29, 0.717) is 17.1 Å². The second kappa shape index (κ2) is 4.67. The molecule has 0 aromatic heterocycles. The molecule has 0 N–H and O–H groups in total. The van der Waals surface area contributed by atoms with E-state index in [2.05, 4.69) is 11.8 Å². The Hall–Kier alpha value is -1.48. The van der Waals surface area contributed by atoms with Gasteiger partial charge in [0.1, 0.15) is 15.9 Å². The number of hydrogen-bond donors (Lipinski definition) is 0. The highest BCUT2D eigenvalue weighted by Gasteiger charge is 2.26. The first-order valence-electron chi connectivity index (χ1n) is 4.29. The molecule has 0 atom stereocenters. The van der Waals surface area contributed by atoms with Crippen molar-refractivity contribution in [2.45, 2.75) is 5.41 Å². The van der Waals surface area contributed by atoms with E-state index >= 15 is 0 Å². The van der Waals surface area contributed by atoms with Gasteiger partial charge in [-0.05, 0) is 5.56 Å². The average Bonchev–Trinajstić information content (AvgIpc) is 2.27. The van der Waals surface area contributed by atoms with Crippen LogP contribution >= 0.6 is 0 Å². The third-order valence-electron chi connectivity index (χ3n) is 2.12. The Morgan fingerprint density at radius 2 is 1.79 bits per heavy atom. The Labute approximate surface area is 88.0 Å². The smallest absolute Gasteiger partial charge is 0.146 e. The second-order valence-corrected chi connectivity index (χ2v) is 3.57. The van der Waals surface area contributed by atoms with E-state index < -0.39 is 5.41 Å². The minimum atomic E-state index is -0.705. The maximum atomic E-state index is 5.48. The SMILES string of the molecule is C#CC(C#C)(CO[SiH3])c1ccccc1. The highest BCUT2D eigenvalue weighted by molar-refractivity contribution is 5.98. The first-order chi connectivity index (χ1) is 6.79. The fourth-order valence-corrected chi connectivity index (χ4v) is 1.75. The molecule has 1 aromatic rings. The summed E-state index contributed by atoms with van der Waals surface area (Å²) in [5.41, 5.74) is 0.240. The molecule has 70 valence electrons. The van der Waals surface area contributed by atoms with Gasteiger partial charge >= 0.3 is 0 Å². The van der Waals surface area contributed by atoms with Crippen LogP contribution in [0.25, 0.3) is 0 Å². The molecule has 1 aromatic carbocycles. The molecule has 0 saturated carbocycles. The summed E-state index contributed by atoms with van der Waals surface area (Å²) >= 11 is 0. The molecule has 0 saturated heterocycles. The Morgan fingerprint density at radius 1 is 1.21 bits per heavy atom. The topological polar surface area (TPSA) is 9.23 Å². The van der Waals surface area contributed by atoms with Gasteiger partial charge in [-0.2, -0.15) is 0 Å². The number of benzene rings is 1. The van der Waals surface area contributed by atoms with E-state index in [1.54, 1.807) is 0 Å². The van der Waals surface area contributed by atoms with Crippen molar-refractivity contribution in [3.8, 4) is 24.7 Å². The summed E-state index contributed by atoms with van der Waals surface area (Å²) in [5, 5.41) is 0. The van der Waals surface area contributed by atoms with Crippen molar-refractivity contribution in [2.75, 3.05) is 6.61 Å². The molecule has 0 radical (unpaired) electrons. The molecule has 0 spiro atoms. The second-order valence-electron chi connectivity index (χ2n) is 2.99.